The summed E-state index contributed by atoms with van der Waals surface area (Å²) in [5.41, 5.74) is 3.22. The summed E-state index contributed by atoms with van der Waals surface area (Å²) in [7, 11) is -1.44. The molecule has 0 amide bonds. The molecule has 0 spiro atoms. The summed E-state index contributed by atoms with van der Waals surface area (Å²) in [6, 6.07) is -0.978. The Morgan fingerprint density at radius 3 is 2.39 bits per heavy atom. The summed E-state index contributed by atoms with van der Waals surface area (Å²) in [4.78, 5) is 11.2. The summed E-state index contributed by atoms with van der Waals surface area (Å²) in [6.07, 6.45) is 2.43. The van der Waals surface area contributed by atoms with Crippen LogP contribution in [0.1, 0.15) is 47.0 Å². The molecule has 0 aromatic heterocycles. The van der Waals surface area contributed by atoms with Crippen molar-refractivity contribution in [2.75, 3.05) is 0 Å². The summed E-state index contributed by atoms with van der Waals surface area (Å²) in [5, 5.41) is 9.20. The van der Waals surface area contributed by atoms with Gasteiger partial charge in [-0.25, -0.2) is 8.93 Å². The number of hydrogen-bond acceptors (Lipinski definition) is 2. The minimum Gasteiger partial charge on any atom is -0.480 e. The molecule has 104 valence electrons. The van der Waals surface area contributed by atoms with Crippen molar-refractivity contribution in [3.05, 3.63) is 17.9 Å². The predicted molar refractivity (Wildman–Crippen MR) is 74.6 cm³/mol. The Morgan fingerprint density at radius 1 is 1.50 bits per heavy atom. The molecule has 0 radical (unpaired) electrons. The van der Waals surface area contributed by atoms with Crippen molar-refractivity contribution in [1.82, 2.24) is 4.72 Å². The molecule has 0 saturated heterocycles. The van der Waals surface area contributed by atoms with Crippen LogP contribution in [0.5, 0.6) is 0 Å². The van der Waals surface area contributed by atoms with Gasteiger partial charge in [0.05, 0.1) is 15.7 Å². The smallest absolute Gasteiger partial charge is 0.326 e. The maximum absolute atomic E-state index is 11.9. The van der Waals surface area contributed by atoms with Gasteiger partial charge in [0.1, 0.15) is 6.04 Å². The van der Waals surface area contributed by atoms with Crippen molar-refractivity contribution in [2.24, 2.45) is 0 Å². The van der Waals surface area contributed by atoms with Crippen LogP contribution in [-0.4, -0.2) is 26.1 Å². The van der Waals surface area contributed by atoms with E-state index in [0.29, 0.717) is 12.0 Å². The van der Waals surface area contributed by atoms with Gasteiger partial charge in [0.2, 0.25) is 0 Å². The molecule has 0 saturated carbocycles. The molecular formula is C13H23NO3S. The fourth-order valence-corrected chi connectivity index (χ4v) is 2.07. The number of rotatable bonds is 7. The van der Waals surface area contributed by atoms with Crippen molar-refractivity contribution in [1.29, 1.82) is 0 Å². The van der Waals surface area contributed by atoms with E-state index in [1.165, 1.54) is 0 Å². The minimum atomic E-state index is -1.44. The van der Waals surface area contributed by atoms with Gasteiger partial charge >= 0.3 is 5.97 Å². The Bertz CT molecular complexity index is 365. The molecule has 1 unspecified atom stereocenters. The lowest BCUT2D eigenvalue weighted by atomic mass is 10.0. The third-order valence-electron chi connectivity index (χ3n) is 2.40. The normalized spacial score (nSPS) is 14.7. The van der Waals surface area contributed by atoms with Crippen molar-refractivity contribution in [2.45, 2.75) is 57.7 Å². The molecule has 0 aliphatic carbocycles. The molecule has 18 heavy (non-hydrogen) atoms. The molecule has 0 aromatic rings. The largest absolute Gasteiger partial charge is 0.480 e. The molecule has 2 atom stereocenters. The monoisotopic (exact) mass is 273 g/mol. The number of aliphatic carboxylic acids is 1. The number of unbranched alkanes of at least 4 members (excludes halogenated alkanes) is 1. The average Bonchev–Trinajstić information content (AvgIpc) is 2.26. The van der Waals surface area contributed by atoms with Crippen LogP contribution in [0.15, 0.2) is 17.9 Å². The van der Waals surface area contributed by atoms with Crippen LogP contribution >= 0.6 is 0 Å². The fraction of sp³-hybridized carbons (Fsp3) is 0.692. The van der Waals surface area contributed by atoms with Crippen LogP contribution in [0.3, 0.4) is 0 Å². The minimum absolute atomic E-state index is 0.509. The second-order valence-corrected chi connectivity index (χ2v) is 7.07. The Morgan fingerprint density at radius 2 is 2.06 bits per heavy atom. The highest BCUT2D eigenvalue weighted by atomic mass is 32.2. The van der Waals surface area contributed by atoms with E-state index in [-0.39, 0.29) is 0 Å². The topological polar surface area (TPSA) is 66.4 Å². The molecular weight excluding hydrogens is 250 g/mol. The van der Waals surface area contributed by atoms with Gasteiger partial charge in [0.25, 0.3) is 0 Å². The third-order valence-corrected chi connectivity index (χ3v) is 3.97. The summed E-state index contributed by atoms with van der Waals surface area (Å²) in [6.45, 7) is 10.9. The first kappa shape index (κ1) is 17.1. The lowest BCUT2D eigenvalue weighted by molar-refractivity contribution is -0.138. The van der Waals surface area contributed by atoms with E-state index < -0.39 is 27.7 Å². The lowest BCUT2D eigenvalue weighted by Gasteiger charge is -2.22. The molecule has 0 fully saturated rings. The van der Waals surface area contributed by atoms with Crippen LogP contribution in [0.25, 0.3) is 0 Å². The zero-order chi connectivity index (χ0) is 14.3. The molecule has 0 heterocycles. The molecule has 4 nitrogen and oxygen atoms in total. The first-order valence-electron chi connectivity index (χ1n) is 6.03. The summed E-state index contributed by atoms with van der Waals surface area (Å²) < 4.78 is 14.1. The average molecular weight is 273 g/mol. The summed E-state index contributed by atoms with van der Waals surface area (Å²) >= 11 is 0. The van der Waals surface area contributed by atoms with E-state index in [2.05, 4.69) is 17.0 Å². The predicted octanol–water partition coefficient (Wildman–Crippen LogP) is 2.39. The maximum atomic E-state index is 11.9. The molecule has 0 bridgehead atoms. The van der Waals surface area contributed by atoms with E-state index in [9.17, 15) is 14.1 Å². The molecule has 2 N–H and O–H groups in total. The Kier molecular flexibility index (Phi) is 7.14. The standard InChI is InChI=1S/C13H23NO3S/c1-6-8-9-10(7-2)11(12(15)16)14-18(17)13(3,4)5/h11,14H,2,6,8-9H2,1,3-5H3,(H,15,16)/t11-,18?/m0/s1. The molecule has 0 aromatic carbocycles. The van der Waals surface area contributed by atoms with Gasteiger partial charge in [0.15, 0.2) is 0 Å². The highest BCUT2D eigenvalue weighted by Gasteiger charge is 2.28. The van der Waals surface area contributed by atoms with Gasteiger partial charge in [-0.2, -0.15) is 0 Å². The van der Waals surface area contributed by atoms with Crippen LogP contribution in [-0.2, 0) is 15.8 Å². The van der Waals surface area contributed by atoms with Crippen molar-refractivity contribution in [3.63, 3.8) is 0 Å². The number of hydrogen-bond donors (Lipinski definition) is 2. The van der Waals surface area contributed by atoms with Gasteiger partial charge in [-0.1, -0.05) is 19.9 Å². The van der Waals surface area contributed by atoms with Crippen molar-refractivity contribution in [3.8, 4) is 0 Å². The van der Waals surface area contributed by atoms with Crippen LogP contribution < -0.4 is 4.72 Å². The van der Waals surface area contributed by atoms with E-state index >= 15 is 0 Å². The van der Waals surface area contributed by atoms with Crippen LogP contribution in [0.4, 0.5) is 0 Å². The Labute approximate surface area is 112 Å². The number of nitrogens with one attached hydrogen (secondary N) is 1. The first-order chi connectivity index (χ1) is 8.23. The zero-order valence-electron chi connectivity index (χ0n) is 11.6. The second-order valence-electron chi connectivity index (χ2n) is 5.08. The molecule has 5 heteroatoms. The van der Waals surface area contributed by atoms with Crippen LogP contribution in [0.2, 0.25) is 0 Å². The third kappa shape index (κ3) is 5.63. The fourth-order valence-electron chi connectivity index (χ4n) is 1.26. The highest BCUT2D eigenvalue weighted by molar-refractivity contribution is 7.84. The van der Waals surface area contributed by atoms with Gasteiger partial charge in [-0.15, -0.1) is 5.73 Å². The van der Waals surface area contributed by atoms with Gasteiger partial charge in [-0.3, -0.25) is 4.79 Å². The van der Waals surface area contributed by atoms with Gasteiger partial charge in [0, 0.05) is 5.57 Å². The lowest BCUT2D eigenvalue weighted by Crippen LogP contribution is -2.44. The Hall–Kier alpha value is -0.900. The Balaban J connectivity index is 4.92. The first-order valence-corrected chi connectivity index (χ1v) is 7.18. The number of carboxylic acid groups (broad SMARTS) is 1. The quantitative estimate of drug-likeness (QED) is 0.700. The molecule has 0 aliphatic rings. The van der Waals surface area contributed by atoms with Crippen molar-refractivity contribution >= 4 is 17.0 Å². The van der Waals surface area contributed by atoms with E-state index in [0.717, 1.165) is 12.8 Å². The number of carboxylic acids is 1. The van der Waals surface area contributed by atoms with E-state index in [4.69, 9.17) is 0 Å². The SMILES string of the molecule is C=C=C(CCCC)[C@H](NS(=O)C(C)(C)C)C(=O)O. The maximum Gasteiger partial charge on any atom is 0.326 e. The molecule has 0 aliphatic heterocycles. The molecule has 0 rings (SSSR count). The van der Waals surface area contributed by atoms with Gasteiger partial charge < -0.3 is 5.11 Å². The second kappa shape index (κ2) is 7.52. The van der Waals surface area contributed by atoms with E-state index in [1.807, 2.05) is 6.92 Å². The summed E-state index contributed by atoms with van der Waals surface area (Å²) in [5.74, 6) is -1.05. The highest BCUT2D eigenvalue weighted by Crippen LogP contribution is 2.15. The van der Waals surface area contributed by atoms with E-state index in [1.54, 1.807) is 20.8 Å². The van der Waals surface area contributed by atoms with Crippen molar-refractivity contribution < 1.29 is 14.1 Å². The zero-order valence-corrected chi connectivity index (χ0v) is 12.4. The van der Waals surface area contributed by atoms with Crippen LogP contribution in [0, 0.1) is 0 Å². The number of carbonyl (C=O) groups is 1. The van der Waals surface area contributed by atoms with Gasteiger partial charge in [-0.05, 0) is 33.6 Å².